The molecule has 0 saturated carbocycles. The largest absolute Gasteiger partial charge is 0.492 e. The van der Waals surface area contributed by atoms with Crippen LogP contribution in [0.1, 0.15) is 44.1 Å². The van der Waals surface area contributed by atoms with Crippen molar-refractivity contribution in [2.24, 2.45) is 0 Å². The quantitative estimate of drug-likeness (QED) is 0.294. The average molecular weight is 537 g/mol. The molecule has 0 radical (unpaired) electrons. The molecule has 1 aliphatic heterocycles. The van der Waals surface area contributed by atoms with Crippen LogP contribution in [0.15, 0.2) is 53.1 Å². The Labute approximate surface area is 228 Å². The number of urea groups is 1. The molecule has 2 amide bonds. The molecule has 38 heavy (non-hydrogen) atoms. The van der Waals surface area contributed by atoms with E-state index in [9.17, 15) is 4.79 Å². The van der Waals surface area contributed by atoms with E-state index in [1.807, 2.05) is 45.0 Å². The SMILES string of the molecule is CC(C)(C)c1cc(NC(=O)Nc2ccc(C#Cc3ccc(OCCCN4CCOCC4)c(Cl)c3)cc2)no1. The first kappa shape index (κ1) is 27.5. The molecule has 8 nitrogen and oxygen atoms in total. The Balaban J connectivity index is 1.24. The third-order valence-electron chi connectivity index (χ3n) is 5.90. The molecule has 4 rings (SSSR count). The van der Waals surface area contributed by atoms with E-state index in [4.69, 9.17) is 25.6 Å². The lowest BCUT2D eigenvalue weighted by molar-refractivity contribution is 0.0358. The fraction of sp³-hybridized carbons (Fsp3) is 0.379. The van der Waals surface area contributed by atoms with E-state index in [1.165, 1.54) is 0 Å². The summed E-state index contributed by atoms with van der Waals surface area (Å²) in [6.07, 6.45) is 0.933. The van der Waals surface area contributed by atoms with E-state index in [2.05, 4.69) is 32.5 Å². The van der Waals surface area contributed by atoms with Crippen LogP contribution in [0.2, 0.25) is 5.02 Å². The summed E-state index contributed by atoms with van der Waals surface area (Å²) < 4.78 is 16.5. The number of rotatable bonds is 7. The predicted molar refractivity (Wildman–Crippen MR) is 149 cm³/mol. The minimum Gasteiger partial charge on any atom is -0.492 e. The highest BCUT2D eigenvalue weighted by Gasteiger charge is 2.20. The van der Waals surface area contributed by atoms with Crippen molar-refractivity contribution in [3.05, 3.63) is 70.4 Å². The van der Waals surface area contributed by atoms with Gasteiger partial charge in [0.15, 0.2) is 5.82 Å². The van der Waals surface area contributed by atoms with Crippen LogP contribution < -0.4 is 15.4 Å². The molecule has 9 heteroatoms. The lowest BCUT2D eigenvalue weighted by atomic mass is 9.93. The van der Waals surface area contributed by atoms with Crippen molar-refractivity contribution in [1.82, 2.24) is 10.1 Å². The summed E-state index contributed by atoms with van der Waals surface area (Å²) in [4.78, 5) is 14.7. The number of nitrogens with one attached hydrogen (secondary N) is 2. The minimum atomic E-state index is -0.407. The Bertz CT molecular complexity index is 1280. The smallest absolute Gasteiger partial charge is 0.324 e. The van der Waals surface area contributed by atoms with Gasteiger partial charge in [-0.15, -0.1) is 0 Å². The van der Waals surface area contributed by atoms with Crippen LogP contribution in [0.5, 0.6) is 5.75 Å². The summed E-state index contributed by atoms with van der Waals surface area (Å²) >= 11 is 6.41. The van der Waals surface area contributed by atoms with Crippen LogP contribution in [0.25, 0.3) is 0 Å². The van der Waals surface area contributed by atoms with Crippen molar-refractivity contribution in [2.45, 2.75) is 32.6 Å². The predicted octanol–water partition coefficient (Wildman–Crippen LogP) is 5.77. The van der Waals surface area contributed by atoms with Crippen LogP contribution >= 0.6 is 11.6 Å². The summed E-state index contributed by atoms with van der Waals surface area (Å²) in [5.74, 6) is 7.95. The van der Waals surface area contributed by atoms with E-state index in [0.29, 0.717) is 34.6 Å². The third kappa shape index (κ3) is 8.25. The first-order valence-corrected chi connectivity index (χ1v) is 13.0. The van der Waals surface area contributed by atoms with E-state index < -0.39 is 6.03 Å². The summed E-state index contributed by atoms with van der Waals surface area (Å²) in [5, 5.41) is 9.87. The fourth-order valence-corrected chi connectivity index (χ4v) is 3.97. The molecule has 2 aromatic carbocycles. The Morgan fingerprint density at radius 2 is 1.76 bits per heavy atom. The zero-order valence-corrected chi connectivity index (χ0v) is 22.7. The minimum absolute atomic E-state index is 0.190. The van der Waals surface area contributed by atoms with Crippen LogP contribution in [0.4, 0.5) is 16.3 Å². The first-order chi connectivity index (χ1) is 18.3. The number of aromatic nitrogens is 1. The number of amides is 2. The molecule has 1 aromatic heterocycles. The molecule has 0 bridgehead atoms. The van der Waals surface area contributed by atoms with Gasteiger partial charge in [0.05, 0.1) is 24.8 Å². The van der Waals surface area contributed by atoms with Gasteiger partial charge in [0.2, 0.25) is 0 Å². The Morgan fingerprint density at radius 3 is 2.45 bits per heavy atom. The molecule has 0 unspecified atom stereocenters. The van der Waals surface area contributed by atoms with Gasteiger partial charge < -0.3 is 19.3 Å². The van der Waals surface area contributed by atoms with Gasteiger partial charge in [0, 0.05) is 47.9 Å². The lowest BCUT2D eigenvalue weighted by Gasteiger charge is -2.26. The van der Waals surface area contributed by atoms with Crippen molar-refractivity contribution < 1.29 is 18.8 Å². The van der Waals surface area contributed by atoms with E-state index in [1.54, 1.807) is 24.3 Å². The van der Waals surface area contributed by atoms with Gasteiger partial charge in [-0.2, -0.15) is 0 Å². The molecule has 3 aromatic rings. The second-order valence-electron chi connectivity index (χ2n) is 10.0. The molecule has 2 N–H and O–H groups in total. The molecule has 0 spiro atoms. The van der Waals surface area contributed by atoms with E-state index >= 15 is 0 Å². The second-order valence-corrected chi connectivity index (χ2v) is 10.4. The molecular weight excluding hydrogens is 504 g/mol. The monoisotopic (exact) mass is 536 g/mol. The van der Waals surface area contributed by atoms with Crippen molar-refractivity contribution in [3.8, 4) is 17.6 Å². The standard InChI is InChI=1S/C29H33ClN4O4/c1-29(2,3)26-20-27(33-38-26)32-28(35)31-23-10-7-21(8-11-23)5-6-22-9-12-25(24(30)19-22)37-16-4-13-34-14-17-36-18-15-34/h7-12,19-20H,4,13-18H2,1-3H3,(H2,31,32,33,35). The molecule has 200 valence electrons. The van der Waals surface area contributed by atoms with Gasteiger partial charge in [0.25, 0.3) is 0 Å². The molecule has 1 fully saturated rings. The topological polar surface area (TPSA) is 88.9 Å². The summed E-state index contributed by atoms with van der Waals surface area (Å²) in [7, 11) is 0. The van der Waals surface area contributed by atoms with Gasteiger partial charge in [-0.3, -0.25) is 10.2 Å². The maximum Gasteiger partial charge on any atom is 0.324 e. The number of anilines is 2. The van der Waals surface area contributed by atoms with E-state index in [0.717, 1.165) is 50.4 Å². The molecule has 2 heterocycles. The zero-order valence-electron chi connectivity index (χ0n) is 22.0. The van der Waals surface area contributed by atoms with Crippen LogP contribution in [-0.2, 0) is 10.2 Å². The fourth-order valence-electron chi connectivity index (χ4n) is 3.74. The number of halogens is 1. The van der Waals surface area contributed by atoms with Gasteiger partial charge in [-0.25, -0.2) is 4.79 Å². The first-order valence-electron chi connectivity index (χ1n) is 12.7. The zero-order chi connectivity index (χ0) is 27.0. The van der Waals surface area contributed by atoms with Gasteiger partial charge >= 0.3 is 6.03 Å². The number of ether oxygens (including phenoxy) is 2. The Morgan fingerprint density at radius 1 is 1.05 bits per heavy atom. The highest BCUT2D eigenvalue weighted by Crippen LogP contribution is 2.26. The Kier molecular flexibility index (Phi) is 9.29. The summed E-state index contributed by atoms with van der Waals surface area (Å²) in [6.45, 7) is 11.2. The molecule has 1 saturated heterocycles. The Hall–Kier alpha value is -3.51. The highest BCUT2D eigenvalue weighted by atomic mass is 35.5. The number of morpholine rings is 1. The molecule has 0 aliphatic carbocycles. The summed E-state index contributed by atoms with van der Waals surface area (Å²) in [6, 6.07) is 14.1. The van der Waals surface area contributed by atoms with Crippen molar-refractivity contribution >= 4 is 29.1 Å². The number of carbonyl (C=O) groups is 1. The lowest BCUT2D eigenvalue weighted by Crippen LogP contribution is -2.37. The number of hydrogen-bond acceptors (Lipinski definition) is 6. The highest BCUT2D eigenvalue weighted by molar-refractivity contribution is 6.32. The molecule has 0 atom stereocenters. The van der Waals surface area contributed by atoms with E-state index in [-0.39, 0.29) is 5.41 Å². The number of nitrogens with zero attached hydrogens (tertiary/aromatic N) is 2. The van der Waals surface area contributed by atoms with Crippen molar-refractivity contribution in [1.29, 1.82) is 0 Å². The normalized spacial score (nSPS) is 13.9. The maximum atomic E-state index is 12.3. The molecule has 1 aliphatic rings. The van der Waals surface area contributed by atoms with Gasteiger partial charge in [-0.05, 0) is 48.9 Å². The number of carbonyl (C=O) groups excluding carboxylic acids is 1. The van der Waals surface area contributed by atoms with Crippen molar-refractivity contribution in [3.63, 3.8) is 0 Å². The van der Waals surface area contributed by atoms with Crippen LogP contribution in [0, 0.1) is 11.8 Å². The van der Waals surface area contributed by atoms with Crippen molar-refractivity contribution in [2.75, 3.05) is 50.1 Å². The number of hydrogen-bond donors (Lipinski definition) is 2. The second kappa shape index (κ2) is 12.8. The van der Waals surface area contributed by atoms with Crippen LogP contribution in [0.3, 0.4) is 0 Å². The molecular formula is C29H33ClN4O4. The summed E-state index contributed by atoms with van der Waals surface area (Å²) in [5.41, 5.74) is 2.04. The number of benzene rings is 2. The van der Waals surface area contributed by atoms with Gasteiger partial charge in [0.1, 0.15) is 11.5 Å². The van der Waals surface area contributed by atoms with Crippen LogP contribution in [-0.4, -0.2) is 55.5 Å². The third-order valence-corrected chi connectivity index (χ3v) is 6.19. The average Bonchev–Trinajstić information content (AvgIpc) is 3.37. The maximum absolute atomic E-state index is 12.3. The van der Waals surface area contributed by atoms with Gasteiger partial charge in [-0.1, -0.05) is 49.4 Å².